The van der Waals surface area contributed by atoms with Gasteiger partial charge in [0, 0.05) is 6.20 Å². The van der Waals surface area contributed by atoms with Crippen LogP contribution < -0.4 is 10.1 Å². The molecule has 1 unspecified atom stereocenters. The first-order valence-corrected chi connectivity index (χ1v) is 7.13. The van der Waals surface area contributed by atoms with Crippen molar-refractivity contribution >= 4 is 0 Å². The summed E-state index contributed by atoms with van der Waals surface area (Å²) in [6, 6.07) is 10.6. The van der Waals surface area contributed by atoms with Crippen LogP contribution in [0.15, 0.2) is 36.5 Å². The van der Waals surface area contributed by atoms with Gasteiger partial charge in [-0.15, -0.1) is 0 Å². The number of rotatable bonds is 7. The maximum Gasteiger partial charge on any atom is 0.119 e. The van der Waals surface area contributed by atoms with E-state index in [9.17, 15) is 0 Å². The number of aryl methyl sites for hydroxylation is 1. The summed E-state index contributed by atoms with van der Waals surface area (Å²) in [6.07, 6.45) is 3.04. The summed E-state index contributed by atoms with van der Waals surface area (Å²) in [5.41, 5.74) is 2.28. The zero-order chi connectivity index (χ0) is 14.4. The molecule has 0 fully saturated rings. The summed E-state index contributed by atoms with van der Waals surface area (Å²) in [6.45, 7) is 5.70. The van der Waals surface area contributed by atoms with E-state index in [4.69, 9.17) is 4.74 Å². The molecule has 0 aliphatic carbocycles. The highest BCUT2D eigenvalue weighted by atomic mass is 16.5. The molecular weight excluding hydrogens is 250 g/mol. The molecule has 0 saturated carbocycles. The zero-order valence-electron chi connectivity index (χ0n) is 12.5. The summed E-state index contributed by atoms with van der Waals surface area (Å²) in [5.74, 6) is 0.931. The summed E-state index contributed by atoms with van der Waals surface area (Å²) in [4.78, 5) is 0. The maximum absolute atomic E-state index is 5.61. The number of nitrogens with one attached hydrogen (secondary N) is 1. The minimum atomic E-state index is 0.245. The van der Waals surface area contributed by atoms with Crippen molar-refractivity contribution in [2.24, 2.45) is 0 Å². The Labute approximate surface area is 120 Å². The molecule has 0 spiro atoms. The lowest BCUT2D eigenvalue weighted by atomic mass is 10.1. The minimum Gasteiger partial charge on any atom is -0.494 e. The molecule has 1 N–H and O–H groups in total. The van der Waals surface area contributed by atoms with Gasteiger partial charge in [0.2, 0.25) is 0 Å². The Kier molecular flexibility index (Phi) is 5.18. The van der Waals surface area contributed by atoms with Gasteiger partial charge in [-0.25, -0.2) is 0 Å². The molecule has 0 aliphatic heterocycles. The van der Waals surface area contributed by atoms with Crippen molar-refractivity contribution in [3.8, 4) is 5.75 Å². The highest BCUT2D eigenvalue weighted by Crippen LogP contribution is 2.19. The van der Waals surface area contributed by atoms with Crippen LogP contribution in [-0.4, -0.2) is 23.4 Å². The van der Waals surface area contributed by atoms with Crippen molar-refractivity contribution in [2.75, 3.05) is 13.7 Å². The lowest BCUT2D eigenvalue weighted by Crippen LogP contribution is -2.22. The van der Waals surface area contributed by atoms with Gasteiger partial charge in [-0.05, 0) is 44.2 Å². The van der Waals surface area contributed by atoms with Gasteiger partial charge in [0.1, 0.15) is 5.75 Å². The van der Waals surface area contributed by atoms with Gasteiger partial charge in [-0.3, -0.25) is 4.68 Å². The Morgan fingerprint density at radius 1 is 1.25 bits per heavy atom. The molecule has 20 heavy (non-hydrogen) atoms. The molecule has 4 heteroatoms. The molecule has 1 atom stereocenters. The van der Waals surface area contributed by atoms with Crippen LogP contribution in [0.3, 0.4) is 0 Å². The lowest BCUT2D eigenvalue weighted by Gasteiger charge is -2.17. The summed E-state index contributed by atoms with van der Waals surface area (Å²) >= 11 is 0. The first-order valence-electron chi connectivity index (χ1n) is 7.13. The normalized spacial score (nSPS) is 12.3. The third-order valence-electron chi connectivity index (χ3n) is 3.25. The van der Waals surface area contributed by atoms with Gasteiger partial charge >= 0.3 is 0 Å². The van der Waals surface area contributed by atoms with Gasteiger partial charge in [-0.1, -0.05) is 19.1 Å². The van der Waals surface area contributed by atoms with E-state index < -0.39 is 0 Å². The largest absolute Gasteiger partial charge is 0.494 e. The summed E-state index contributed by atoms with van der Waals surface area (Å²) in [7, 11) is 1.97. The average Bonchev–Trinajstić information content (AvgIpc) is 2.88. The SMILES string of the molecule is CCCOc1ccc(C(Cn2ccc(C)n2)NC)cc1. The highest BCUT2D eigenvalue weighted by molar-refractivity contribution is 5.29. The van der Waals surface area contributed by atoms with Crippen molar-refractivity contribution in [2.45, 2.75) is 32.9 Å². The molecule has 0 amide bonds. The topological polar surface area (TPSA) is 39.1 Å². The smallest absolute Gasteiger partial charge is 0.119 e. The molecule has 0 bridgehead atoms. The van der Waals surface area contributed by atoms with Crippen LogP contribution >= 0.6 is 0 Å². The minimum absolute atomic E-state index is 0.245. The van der Waals surface area contributed by atoms with Gasteiger partial charge in [0.15, 0.2) is 0 Å². The van der Waals surface area contributed by atoms with Crippen LogP contribution in [0.5, 0.6) is 5.75 Å². The number of likely N-dealkylation sites (N-methyl/N-ethyl adjacent to an activating group) is 1. The first-order chi connectivity index (χ1) is 9.72. The lowest BCUT2D eigenvalue weighted by molar-refractivity contribution is 0.317. The number of aromatic nitrogens is 2. The Hall–Kier alpha value is -1.81. The Morgan fingerprint density at radius 2 is 2.00 bits per heavy atom. The molecule has 2 rings (SSSR count). The standard InChI is InChI=1S/C16H23N3O/c1-4-11-20-15-7-5-14(6-8-15)16(17-3)12-19-10-9-13(2)18-19/h5-10,16-17H,4,11-12H2,1-3H3. The molecule has 4 nitrogen and oxygen atoms in total. The van der Waals surface area contributed by atoms with Crippen LogP contribution in [-0.2, 0) is 6.54 Å². The number of ether oxygens (including phenoxy) is 1. The van der Waals surface area contributed by atoms with Gasteiger partial charge in [-0.2, -0.15) is 5.10 Å². The van der Waals surface area contributed by atoms with Gasteiger partial charge in [0.25, 0.3) is 0 Å². The van der Waals surface area contributed by atoms with Gasteiger partial charge < -0.3 is 10.1 Å². The van der Waals surface area contributed by atoms with E-state index in [1.165, 1.54) is 5.56 Å². The van der Waals surface area contributed by atoms with E-state index in [2.05, 4.69) is 29.5 Å². The van der Waals surface area contributed by atoms with E-state index in [1.54, 1.807) is 0 Å². The fraction of sp³-hybridized carbons (Fsp3) is 0.438. The molecule has 2 aromatic rings. The molecule has 0 aliphatic rings. The summed E-state index contributed by atoms with van der Waals surface area (Å²) in [5, 5.41) is 7.77. The second-order valence-corrected chi connectivity index (χ2v) is 4.94. The molecule has 108 valence electrons. The van der Waals surface area contributed by atoms with Crippen molar-refractivity contribution < 1.29 is 4.74 Å². The van der Waals surface area contributed by atoms with E-state index >= 15 is 0 Å². The Bertz CT molecular complexity index is 519. The Morgan fingerprint density at radius 3 is 2.55 bits per heavy atom. The molecule has 0 radical (unpaired) electrons. The van der Waals surface area contributed by atoms with Crippen molar-refractivity contribution in [3.63, 3.8) is 0 Å². The van der Waals surface area contributed by atoms with Crippen LogP contribution in [0, 0.1) is 6.92 Å². The van der Waals surface area contributed by atoms with Crippen LogP contribution in [0.2, 0.25) is 0 Å². The number of hydrogen-bond acceptors (Lipinski definition) is 3. The predicted octanol–water partition coefficient (Wildman–Crippen LogP) is 2.94. The van der Waals surface area contributed by atoms with Crippen molar-refractivity contribution in [1.29, 1.82) is 0 Å². The quantitative estimate of drug-likeness (QED) is 0.843. The van der Waals surface area contributed by atoms with Crippen LogP contribution in [0.4, 0.5) is 0 Å². The molecule has 1 aromatic carbocycles. The monoisotopic (exact) mass is 273 g/mol. The number of hydrogen-bond donors (Lipinski definition) is 1. The number of nitrogens with zero attached hydrogens (tertiary/aromatic N) is 2. The highest BCUT2D eigenvalue weighted by Gasteiger charge is 2.10. The van der Waals surface area contributed by atoms with Crippen molar-refractivity contribution in [1.82, 2.24) is 15.1 Å². The fourth-order valence-corrected chi connectivity index (χ4v) is 2.13. The molecule has 1 heterocycles. The molecular formula is C16H23N3O. The fourth-order valence-electron chi connectivity index (χ4n) is 2.13. The second kappa shape index (κ2) is 7.10. The predicted molar refractivity (Wildman–Crippen MR) is 81.0 cm³/mol. The molecule has 0 saturated heterocycles. The van der Waals surface area contributed by atoms with Crippen LogP contribution in [0.1, 0.15) is 30.6 Å². The molecule has 1 aromatic heterocycles. The maximum atomic E-state index is 5.61. The number of benzene rings is 1. The average molecular weight is 273 g/mol. The van der Waals surface area contributed by atoms with E-state index in [0.29, 0.717) is 0 Å². The van der Waals surface area contributed by atoms with E-state index in [-0.39, 0.29) is 6.04 Å². The Balaban J connectivity index is 2.03. The first kappa shape index (κ1) is 14.6. The third-order valence-corrected chi connectivity index (χ3v) is 3.25. The third kappa shape index (κ3) is 3.84. The summed E-state index contributed by atoms with van der Waals surface area (Å²) < 4.78 is 7.58. The second-order valence-electron chi connectivity index (χ2n) is 4.94. The van der Waals surface area contributed by atoms with E-state index in [1.807, 2.05) is 43.0 Å². The van der Waals surface area contributed by atoms with Crippen LogP contribution in [0.25, 0.3) is 0 Å². The van der Waals surface area contributed by atoms with Gasteiger partial charge in [0.05, 0.1) is 24.9 Å². The van der Waals surface area contributed by atoms with E-state index in [0.717, 1.165) is 31.0 Å². The zero-order valence-corrected chi connectivity index (χ0v) is 12.5. The van der Waals surface area contributed by atoms with Crippen molar-refractivity contribution in [3.05, 3.63) is 47.8 Å².